The summed E-state index contributed by atoms with van der Waals surface area (Å²) < 4.78 is 6.93. The molecular formula is C26H33ClN4O2. The summed E-state index contributed by atoms with van der Waals surface area (Å²) in [5.74, 6) is 0.581. The summed E-state index contributed by atoms with van der Waals surface area (Å²) in [4.78, 5) is 15.7. The molecule has 3 aromatic rings. The van der Waals surface area contributed by atoms with E-state index >= 15 is 0 Å². The number of ether oxygens (including phenoxy) is 1. The van der Waals surface area contributed by atoms with Gasteiger partial charge < -0.3 is 15.0 Å². The first kappa shape index (κ1) is 24.8. The van der Waals surface area contributed by atoms with Crippen LogP contribution in [0.4, 0.5) is 0 Å². The fraction of sp³-hybridized carbons (Fsp3) is 0.385. The molecule has 6 nitrogen and oxygen atoms in total. The molecule has 1 amide bonds. The van der Waals surface area contributed by atoms with E-state index in [1.54, 1.807) is 17.9 Å². The van der Waals surface area contributed by atoms with Gasteiger partial charge in [0.1, 0.15) is 11.4 Å². The average Bonchev–Trinajstić information content (AvgIpc) is 3.27. The van der Waals surface area contributed by atoms with Crippen molar-refractivity contribution in [3.8, 4) is 22.7 Å². The first-order valence-corrected chi connectivity index (χ1v) is 11.9. The SMILES string of the molecule is CCN(CC)CCCC(C)NC(=O)c1cc(-c2ccccc2Cl)nn1-c1ccc(OC)cc1. The Labute approximate surface area is 201 Å². The maximum absolute atomic E-state index is 13.3. The molecule has 1 aromatic heterocycles. The first-order valence-electron chi connectivity index (χ1n) is 11.5. The molecule has 0 saturated heterocycles. The Morgan fingerprint density at radius 2 is 1.85 bits per heavy atom. The van der Waals surface area contributed by atoms with E-state index in [-0.39, 0.29) is 11.9 Å². The van der Waals surface area contributed by atoms with Crippen LogP contribution in [0.15, 0.2) is 54.6 Å². The van der Waals surface area contributed by atoms with Gasteiger partial charge in [0.2, 0.25) is 0 Å². The quantitative estimate of drug-likeness (QED) is 0.407. The van der Waals surface area contributed by atoms with Crippen molar-refractivity contribution in [1.82, 2.24) is 20.0 Å². The number of aromatic nitrogens is 2. The third kappa shape index (κ3) is 6.36. The van der Waals surface area contributed by atoms with Gasteiger partial charge in [0.25, 0.3) is 5.91 Å². The smallest absolute Gasteiger partial charge is 0.270 e. The molecule has 33 heavy (non-hydrogen) atoms. The third-order valence-corrected chi connectivity index (χ3v) is 6.12. The minimum Gasteiger partial charge on any atom is -0.497 e. The molecule has 0 fully saturated rings. The summed E-state index contributed by atoms with van der Waals surface area (Å²) in [6, 6.07) is 16.8. The Balaban J connectivity index is 1.84. The van der Waals surface area contributed by atoms with Gasteiger partial charge in [-0.05, 0) is 75.8 Å². The maximum atomic E-state index is 13.3. The third-order valence-electron chi connectivity index (χ3n) is 5.79. The molecule has 7 heteroatoms. The Morgan fingerprint density at radius 1 is 1.15 bits per heavy atom. The molecule has 176 valence electrons. The van der Waals surface area contributed by atoms with Crippen LogP contribution in [0.25, 0.3) is 16.9 Å². The predicted octanol–water partition coefficient (Wildman–Crippen LogP) is 5.44. The second-order valence-electron chi connectivity index (χ2n) is 8.05. The van der Waals surface area contributed by atoms with Crippen LogP contribution < -0.4 is 10.1 Å². The van der Waals surface area contributed by atoms with Crippen LogP contribution in [0, 0.1) is 0 Å². The average molecular weight is 469 g/mol. The number of nitrogens with zero attached hydrogens (tertiary/aromatic N) is 3. The van der Waals surface area contributed by atoms with Crippen molar-refractivity contribution < 1.29 is 9.53 Å². The number of carbonyl (C=O) groups is 1. The molecule has 2 aromatic carbocycles. The summed E-state index contributed by atoms with van der Waals surface area (Å²) in [5.41, 5.74) is 2.67. The number of amides is 1. The van der Waals surface area contributed by atoms with E-state index in [2.05, 4.69) is 24.1 Å². The molecule has 1 N–H and O–H groups in total. The van der Waals surface area contributed by atoms with Gasteiger partial charge >= 0.3 is 0 Å². The van der Waals surface area contributed by atoms with E-state index < -0.39 is 0 Å². The lowest BCUT2D eigenvalue weighted by atomic mass is 10.1. The number of halogens is 1. The van der Waals surface area contributed by atoms with Crippen LogP contribution in [0.5, 0.6) is 5.75 Å². The zero-order chi connectivity index (χ0) is 23.8. The zero-order valence-corrected chi connectivity index (χ0v) is 20.6. The zero-order valence-electron chi connectivity index (χ0n) is 19.8. The van der Waals surface area contributed by atoms with E-state index in [1.165, 1.54) is 0 Å². The maximum Gasteiger partial charge on any atom is 0.270 e. The molecule has 0 bridgehead atoms. The number of hydrogen-bond acceptors (Lipinski definition) is 4. The summed E-state index contributed by atoms with van der Waals surface area (Å²) in [6.45, 7) is 9.51. The van der Waals surface area contributed by atoms with Crippen molar-refractivity contribution in [3.05, 3.63) is 65.3 Å². The van der Waals surface area contributed by atoms with Gasteiger partial charge in [0.05, 0.1) is 23.5 Å². The van der Waals surface area contributed by atoms with Crippen molar-refractivity contribution in [3.63, 3.8) is 0 Å². The van der Waals surface area contributed by atoms with Crippen LogP contribution in [-0.4, -0.2) is 53.4 Å². The second kappa shape index (κ2) is 11.9. The van der Waals surface area contributed by atoms with Crippen LogP contribution in [-0.2, 0) is 0 Å². The van der Waals surface area contributed by atoms with Crippen molar-refractivity contribution in [2.45, 2.75) is 39.7 Å². The lowest BCUT2D eigenvalue weighted by molar-refractivity contribution is 0.0929. The molecular weight excluding hydrogens is 436 g/mol. The Morgan fingerprint density at radius 3 is 2.48 bits per heavy atom. The number of nitrogens with one attached hydrogen (secondary N) is 1. The highest BCUT2D eigenvalue weighted by molar-refractivity contribution is 6.33. The summed E-state index contributed by atoms with van der Waals surface area (Å²) in [7, 11) is 1.62. The molecule has 0 aliphatic heterocycles. The lowest BCUT2D eigenvalue weighted by Gasteiger charge is -2.20. The standard InChI is InChI=1S/C26H33ClN4O2/c1-5-30(6-2)17-9-10-19(3)28-26(32)25-18-24(22-11-7-8-12-23(22)27)29-31(25)20-13-15-21(33-4)16-14-20/h7-8,11-16,18-19H,5-6,9-10,17H2,1-4H3,(H,28,32). The van der Waals surface area contributed by atoms with Crippen molar-refractivity contribution in [2.24, 2.45) is 0 Å². The van der Waals surface area contributed by atoms with E-state index in [9.17, 15) is 4.79 Å². The predicted molar refractivity (Wildman–Crippen MR) is 135 cm³/mol. The summed E-state index contributed by atoms with van der Waals surface area (Å²) >= 11 is 6.41. The van der Waals surface area contributed by atoms with Crippen LogP contribution >= 0.6 is 11.6 Å². The molecule has 0 aliphatic rings. The van der Waals surface area contributed by atoms with E-state index in [0.29, 0.717) is 16.4 Å². The van der Waals surface area contributed by atoms with Gasteiger partial charge in [-0.15, -0.1) is 0 Å². The minimum absolute atomic E-state index is 0.0519. The van der Waals surface area contributed by atoms with Gasteiger partial charge in [-0.25, -0.2) is 4.68 Å². The molecule has 0 saturated carbocycles. The molecule has 0 radical (unpaired) electrons. The number of benzene rings is 2. The van der Waals surface area contributed by atoms with Gasteiger partial charge in [-0.3, -0.25) is 4.79 Å². The highest BCUT2D eigenvalue weighted by Crippen LogP contribution is 2.28. The topological polar surface area (TPSA) is 59.4 Å². The second-order valence-corrected chi connectivity index (χ2v) is 8.46. The first-order chi connectivity index (χ1) is 16.0. The highest BCUT2D eigenvalue weighted by Gasteiger charge is 2.20. The largest absolute Gasteiger partial charge is 0.497 e. The van der Waals surface area contributed by atoms with Crippen LogP contribution in [0.2, 0.25) is 5.02 Å². The van der Waals surface area contributed by atoms with Crippen LogP contribution in [0.1, 0.15) is 44.1 Å². The van der Waals surface area contributed by atoms with E-state index in [1.807, 2.05) is 55.5 Å². The monoisotopic (exact) mass is 468 g/mol. The lowest BCUT2D eigenvalue weighted by Crippen LogP contribution is -2.34. The number of hydrogen-bond donors (Lipinski definition) is 1. The normalized spacial score (nSPS) is 12.1. The summed E-state index contributed by atoms with van der Waals surface area (Å²) in [5, 5.41) is 8.46. The minimum atomic E-state index is -0.160. The van der Waals surface area contributed by atoms with Crippen LogP contribution in [0.3, 0.4) is 0 Å². The Hall–Kier alpha value is -2.83. The molecule has 1 atom stereocenters. The number of carbonyl (C=O) groups excluding carboxylic acids is 1. The van der Waals surface area contributed by atoms with E-state index in [0.717, 1.165) is 49.5 Å². The van der Waals surface area contributed by atoms with Gasteiger partial charge in [0, 0.05) is 11.6 Å². The van der Waals surface area contributed by atoms with Crippen molar-refractivity contribution in [1.29, 1.82) is 0 Å². The molecule has 0 aliphatic carbocycles. The van der Waals surface area contributed by atoms with E-state index in [4.69, 9.17) is 21.4 Å². The molecule has 3 rings (SSSR count). The fourth-order valence-corrected chi connectivity index (χ4v) is 4.03. The molecule has 0 spiro atoms. The van der Waals surface area contributed by atoms with Crippen molar-refractivity contribution >= 4 is 17.5 Å². The Kier molecular flexibility index (Phi) is 8.92. The Bertz CT molecular complexity index is 1040. The van der Waals surface area contributed by atoms with Gasteiger partial charge in [-0.1, -0.05) is 43.6 Å². The van der Waals surface area contributed by atoms with Gasteiger partial charge in [-0.2, -0.15) is 5.10 Å². The number of rotatable bonds is 11. The van der Waals surface area contributed by atoms with Crippen molar-refractivity contribution in [2.75, 3.05) is 26.7 Å². The van der Waals surface area contributed by atoms with Gasteiger partial charge in [0.15, 0.2) is 0 Å². The summed E-state index contributed by atoms with van der Waals surface area (Å²) in [6.07, 6.45) is 1.95. The fourth-order valence-electron chi connectivity index (χ4n) is 3.79. The molecule has 1 heterocycles. The number of methoxy groups -OCH3 is 1. The highest BCUT2D eigenvalue weighted by atomic mass is 35.5. The molecule has 1 unspecified atom stereocenters.